The Hall–Kier alpha value is -3.40. The second-order valence-corrected chi connectivity index (χ2v) is 6.55. The van der Waals surface area contributed by atoms with Crippen LogP contribution in [0.1, 0.15) is 16.2 Å². The number of carbonyl (C=O) groups is 2. The molecular formula is C17H14N6O3S. The predicted molar refractivity (Wildman–Crippen MR) is 97.7 cm³/mol. The van der Waals surface area contributed by atoms with Crippen molar-refractivity contribution in [3.05, 3.63) is 60.2 Å². The highest BCUT2D eigenvalue weighted by Crippen LogP contribution is 2.25. The van der Waals surface area contributed by atoms with E-state index in [2.05, 4.69) is 15.2 Å². The van der Waals surface area contributed by atoms with E-state index in [1.54, 1.807) is 36.4 Å². The van der Waals surface area contributed by atoms with E-state index >= 15 is 0 Å². The molecule has 1 aliphatic heterocycles. The molecule has 3 heterocycles. The number of fused-ring (bicyclic) bond motifs is 1. The zero-order chi connectivity index (χ0) is 18.8. The average molecular weight is 382 g/mol. The van der Waals surface area contributed by atoms with Crippen LogP contribution in [-0.2, 0) is 11.4 Å². The van der Waals surface area contributed by atoms with E-state index in [-0.39, 0.29) is 18.3 Å². The van der Waals surface area contributed by atoms with Gasteiger partial charge in [-0.1, -0.05) is 11.8 Å². The fourth-order valence-electron chi connectivity index (χ4n) is 2.51. The number of ether oxygens (including phenoxy) is 1. The highest BCUT2D eigenvalue weighted by atomic mass is 32.2. The molecule has 0 fully saturated rings. The highest BCUT2D eigenvalue weighted by Gasteiger charge is 2.34. The summed E-state index contributed by atoms with van der Waals surface area (Å²) in [5.74, 6) is 0.196. The van der Waals surface area contributed by atoms with Crippen molar-refractivity contribution in [3.8, 4) is 5.75 Å². The smallest absolute Gasteiger partial charge is 0.280 e. The number of thioether (sulfide) groups is 1. The molecule has 1 aliphatic rings. The zero-order valence-electron chi connectivity index (χ0n) is 14.0. The number of nitrogens with zero attached hydrogens (tertiary/aromatic N) is 5. The molecule has 2 aromatic heterocycles. The Kier molecular flexibility index (Phi) is 4.47. The lowest BCUT2D eigenvalue weighted by Crippen LogP contribution is -2.49. The number of nitrogen functional groups attached to an aromatic ring is 1. The van der Waals surface area contributed by atoms with Gasteiger partial charge < -0.3 is 10.5 Å². The van der Waals surface area contributed by atoms with Gasteiger partial charge in [0.2, 0.25) is 5.16 Å². The van der Waals surface area contributed by atoms with Gasteiger partial charge in [0.15, 0.2) is 5.82 Å². The van der Waals surface area contributed by atoms with Crippen LogP contribution in [0.4, 0.5) is 5.69 Å². The summed E-state index contributed by atoms with van der Waals surface area (Å²) in [6, 6.07) is 9.98. The molecule has 136 valence electrons. The molecule has 1 aromatic carbocycles. The van der Waals surface area contributed by atoms with E-state index in [1.807, 2.05) is 0 Å². The number of imide groups is 1. The molecule has 0 saturated carbocycles. The second kappa shape index (κ2) is 7.08. The third kappa shape index (κ3) is 3.34. The molecule has 0 atom stereocenters. The maximum atomic E-state index is 12.9. The molecule has 10 heteroatoms. The lowest BCUT2D eigenvalue weighted by molar-refractivity contribution is -0.117. The third-order valence-corrected chi connectivity index (χ3v) is 4.71. The maximum Gasteiger partial charge on any atom is 0.280 e. The minimum atomic E-state index is -0.475. The molecule has 0 unspecified atom stereocenters. The fraction of sp³-hybridized carbons (Fsp3) is 0.118. The Morgan fingerprint density at radius 2 is 1.89 bits per heavy atom. The molecule has 0 aliphatic carbocycles. The van der Waals surface area contributed by atoms with Gasteiger partial charge in [0.25, 0.3) is 11.8 Å². The van der Waals surface area contributed by atoms with Gasteiger partial charge in [-0.3, -0.25) is 14.6 Å². The molecule has 2 amide bonds. The minimum Gasteiger partial charge on any atom is -0.486 e. The Labute approximate surface area is 158 Å². The summed E-state index contributed by atoms with van der Waals surface area (Å²) in [5, 5.41) is 9.63. The molecule has 0 radical (unpaired) electrons. The lowest BCUT2D eigenvalue weighted by atomic mass is 10.2. The second-order valence-electron chi connectivity index (χ2n) is 5.60. The largest absolute Gasteiger partial charge is 0.486 e. The van der Waals surface area contributed by atoms with Crippen LogP contribution in [0.3, 0.4) is 0 Å². The first-order valence-electron chi connectivity index (χ1n) is 7.96. The van der Waals surface area contributed by atoms with Gasteiger partial charge >= 0.3 is 0 Å². The summed E-state index contributed by atoms with van der Waals surface area (Å²) in [6.07, 6.45) is 2.99. The molecule has 2 N–H and O–H groups in total. The molecule has 0 bridgehead atoms. The Morgan fingerprint density at radius 3 is 2.63 bits per heavy atom. The molecule has 0 spiro atoms. The number of benzene rings is 1. The van der Waals surface area contributed by atoms with Crippen molar-refractivity contribution >= 4 is 29.3 Å². The normalized spacial score (nSPS) is 13.3. The summed E-state index contributed by atoms with van der Waals surface area (Å²) in [5.41, 5.74) is 6.63. The van der Waals surface area contributed by atoms with Crippen molar-refractivity contribution < 1.29 is 14.3 Å². The van der Waals surface area contributed by atoms with Crippen molar-refractivity contribution in [3.63, 3.8) is 0 Å². The Morgan fingerprint density at radius 1 is 1.15 bits per heavy atom. The average Bonchev–Trinajstić information content (AvgIpc) is 3.11. The van der Waals surface area contributed by atoms with Crippen LogP contribution in [0.2, 0.25) is 0 Å². The minimum absolute atomic E-state index is 0.0326. The number of amides is 2. The SMILES string of the molecule is Nc1ccc(OCc2nnc3n2N(C(=O)c2ccncc2)C(=O)CS3)cc1. The standard InChI is InChI=1S/C17H14N6O3S/c18-12-1-3-13(4-2-12)26-9-14-20-21-17-22(14)23(15(24)10-27-17)16(25)11-5-7-19-8-6-11/h1-8H,9-10,18H2. The van der Waals surface area contributed by atoms with Gasteiger partial charge in [-0.25, -0.2) is 0 Å². The number of rotatable bonds is 4. The van der Waals surface area contributed by atoms with Crippen molar-refractivity contribution in [2.75, 3.05) is 16.5 Å². The molecule has 27 heavy (non-hydrogen) atoms. The zero-order valence-corrected chi connectivity index (χ0v) is 14.8. The van der Waals surface area contributed by atoms with E-state index < -0.39 is 5.91 Å². The number of carbonyl (C=O) groups excluding carboxylic acids is 2. The van der Waals surface area contributed by atoms with Crippen LogP contribution in [0.25, 0.3) is 0 Å². The first kappa shape index (κ1) is 17.0. The number of hydrogen-bond acceptors (Lipinski definition) is 8. The van der Waals surface area contributed by atoms with Gasteiger partial charge in [0.1, 0.15) is 12.4 Å². The lowest BCUT2D eigenvalue weighted by Gasteiger charge is -2.27. The van der Waals surface area contributed by atoms with Crippen LogP contribution in [0.5, 0.6) is 5.75 Å². The van der Waals surface area contributed by atoms with Crippen LogP contribution in [0, 0.1) is 0 Å². The molecule has 4 rings (SSSR count). The predicted octanol–water partition coefficient (Wildman–Crippen LogP) is 1.24. The maximum absolute atomic E-state index is 12.9. The topological polar surface area (TPSA) is 116 Å². The van der Waals surface area contributed by atoms with E-state index in [1.165, 1.54) is 28.8 Å². The van der Waals surface area contributed by atoms with Crippen LogP contribution >= 0.6 is 11.8 Å². The van der Waals surface area contributed by atoms with E-state index in [9.17, 15) is 9.59 Å². The number of pyridine rings is 1. The quantitative estimate of drug-likeness (QED) is 0.529. The first-order chi connectivity index (χ1) is 13.1. The first-order valence-corrected chi connectivity index (χ1v) is 8.95. The summed E-state index contributed by atoms with van der Waals surface area (Å²) >= 11 is 1.22. The van der Waals surface area contributed by atoms with E-state index in [4.69, 9.17) is 10.5 Å². The van der Waals surface area contributed by atoms with Crippen molar-refractivity contribution in [1.29, 1.82) is 0 Å². The van der Waals surface area contributed by atoms with Gasteiger partial charge in [-0.05, 0) is 36.4 Å². The van der Waals surface area contributed by atoms with Crippen molar-refractivity contribution in [2.45, 2.75) is 11.8 Å². The van der Waals surface area contributed by atoms with Crippen LogP contribution in [-0.4, -0.2) is 37.4 Å². The van der Waals surface area contributed by atoms with Gasteiger partial charge in [-0.2, -0.15) is 9.69 Å². The van der Waals surface area contributed by atoms with Crippen molar-refractivity contribution in [2.24, 2.45) is 0 Å². The summed E-state index contributed by atoms with van der Waals surface area (Å²) in [7, 11) is 0. The monoisotopic (exact) mass is 382 g/mol. The van der Waals surface area contributed by atoms with Crippen LogP contribution in [0.15, 0.2) is 53.9 Å². The molecule has 0 saturated heterocycles. The molecule has 3 aromatic rings. The summed E-state index contributed by atoms with van der Waals surface area (Å²) in [4.78, 5) is 29.2. The third-order valence-electron chi connectivity index (χ3n) is 3.81. The number of anilines is 1. The van der Waals surface area contributed by atoms with Crippen molar-refractivity contribution in [1.82, 2.24) is 19.9 Å². The van der Waals surface area contributed by atoms with E-state index in [0.717, 1.165) is 5.01 Å². The number of aromatic nitrogens is 4. The van der Waals surface area contributed by atoms with Gasteiger partial charge in [0, 0.05) is 23.6 Å². The van der Waals surface area contributed by atoms with E-state index in [0.29, 0.717) is 28.0 Å². The van der Waals surface area contributed by atoms with Gasteiger partial charge in [0.05, 0.1) is 5.75 Å². The molecular weight excluding hydrogens is 368 g/mol. The Bertz CT molecular complexity index is 990. The Balaban J connectivity index is 1.63. The summed E-state index contributed by atoms with van der Waals surface area (Å²) < 4.78 is 7.09. The molecule has 9 nitrogen and oxygen atoms in total. The summed E-state index contributed by atoms with van der Waals surface area (Å²) in [6.45, 7) is 0.0326. The van der Waals surface area contributed by atoms with Gasteiger partial charge in [-0.15, -0.1) is 10.2 Å². The fourth-order valence-corrected chi connectivity index (χ4v) is 3.29. The van der Waals surface area contributed by atoms with Crippen LogP contribution < -0.4 is 15.5 Å². The number of nitrogens with two attached hydrogens (primary N) is 1. The number of hydrogen-bond donors (Lipinski definition) is 1. The highest BCUT2D eigenvalue weighted by molar-refractivity contribution is 7.99.